The number of alkyl halides is 2. The maximum Gasteiger partial charge on any atom is 0.280 e. The van der Waals surface area contributed by atoms with E-state index < -0.39 is 17.9 Å². The van der Waals surface area contributed by atoms with Gasteiger partial charge in [0.05, 0.1) is 5.69 Å². The Kier molecular flexibility index (Phi) is 2.76. The van der Waals surface area contributed by atoms with Crippen LogP contribution in [0.4, 0.5) is 18.9 Å². The summed E-state index contributed by atoms with van der Waals surface area (Å²) in [5.74, 6) is -0.750. The molecule has 2 N–H and O–H groups in total. The lowest BCUT2D eigenvalue weighted by molar-refractivity contribution is 0.145. The topological polar surface area (TPSA) is 38.9 Å². The van der Waals surface area contributed by atoms with Gasteiger partial charge in [0, 0.05) is 0 Å². The zero-order valence-corrected chi connectivity index (χ0v) is 7.85. The average molecular weight is 288 g/mol. The zero-order valence-electron chi connectivity index (χ0n) is 5.69. The van der Waals surface area contributed by atoms with Crippen LogP contribution in [-0.2, 0) is 0 Å². The molecule has 66 valence electrons. The van der Waals surface area contributed by atoms with E-state index in [1.54, 1.807) is 0 Å². The lowest BCUT2D eigenvalue weighted by atomic mass is 10.3. The molecule has 0 atom stereocenters. The summed E-state index contributed by atoms with van der Waals surface area (Å²) in [6.07, 6.45) is -2.72. The molecule has 0 saturated carbocycles. The van der Waals surface area contributed by atoms with Gasteiger partial charge in [0.15, 0.2) is 5.82 Å². The Morgan fingerprint density at radius 3 is 2.50 bits per heavy atom. The number of hydrogen-bond acceptors (Lipinski definition) is 2. The van der Waals surface area contributed by atoms with E-state index in [0.29, 0.717) is 0 Å². The van der Waals surface area contributed by atoms with Gasteiger partial charge in [0.1, 0.15) is 9.39 Å². The summed E-state index contributed by atoms with van der Waals surface area (Å²) in [5.41, 5.74) is 4.30. The van der Waals surface area contributed by atoms with Crippen LogP contribution in [0.15, 0.2) is 6.07 Å². The Morgan fingerprint density at radius 1 is 1.50 bits per heavy atom. The number of nitrogen functional groups attached to an aromatic ring is 1. The second-order valence-corrected chi connectivity index (χ2v) is 3.06. The van der Waals surface area contributed by atoms with Crippen molar-refractivity contribution in [2.24, 2.45) is 0 Å². The molecule has 0 unspecified atom stereocenters. The third kappa shape index (κ3) is 1.79. The van der Waals surface area contributed by atoms with Gasteiger partial charge in [-0.3, -0.25) is 0 Å². The zero-order chi connectivity index (χ0) is 9.30. The maximum absolute atomic E-state index is 12.7. The fourth-order valence-electron chi connectivity index (χ4n) is 0.648. The summed E-state index contributed by atoms with van der Waals surface area (Å²) in [6, 6.07) is 0.835. The van der Waals surface area contributed by atoms with Gasteiger partial charge in [0.2, 0.25) is 0 Å². The monoisotopic (exact) mass is 288 g/mol. The number of aromatic nitrogens is 1. The van der Waals surface area contributed by atoms with Gasteiger partial charge >= 0.3 is 0 Å². The molecular formula is C6H4F3IN2. The van der Waals surface area contributed by atoms with Crippen molar-refractivity contribution in [1.82, 2.24) is 4.98 Å². The van der Waals surface area contributed by atoms with E-state index in [4.69, 9.17) is 5.73 Å². The fourth-order valence-corrected chi connectivity index (χ4v) is 1.24. The molecule has 0 amide bonds. The molecule has 2 nitrogen and oxygen atoms in total. The summed E-state index contributed by atoms with van der Waals surface area (Å²) in [5, 5.41) is 0. The maximum atomic E-state index is 12.7. The quantitative estimate of drug-likeness (QED) is 0.636. The Morgan fingerprint density at radius 2 is 2.08 bits per heavy atom. The van der Waals surface area contributed by atoms with Crippen molar-refractivity contribution in [1.29, 1.82) is 0 Å². The SMILES string of the molecule is Nc1cc(C(F)F)nc(I)c1F. The second-order valence-electron chi connectivity index (χ2n) is 2.04. The standard InChI is InChI=1S/C6H4F3IN2/c7-4-2(11)1-3(5(8)9)12-6(4)10/h1,5H,(H2,11,12). The van der Waals surface area contributed by atoms with Crippen LogP contribution in [0.3, 0.4) is 0 Å². The van der Waals surface area contributed by atoms with E-state index in [0.717, 1.165) is 6.07 Å². The lowest BCUT2D eigenvalue weighted by Crippen LogP contribution is -2.01. The molecular weight excluding hydrogens is 284 g/mol. The summed E-state index contributed by atoms with van der Waals surface area (Å²) in [6.45, 7) is 0. The average Bonchev–Trinajstić information content (AvgIpc) is 1.99. The Bertz CT molecular complexity index is 280. The van der Waals surface area contributed by atoms with E-state index in [1.807, 2.05) is 0 Å². The van der Waals surface area contributed by atoms with E-state index in [9.17, 15) is 13.2 Å². The number of anilines is 1. The molecule has 0 bridgehead atoms. The molecule has 1 heterocycles. The minimum Gasteiger partial charge on any atom is -0.396 e. The van der Waals surface area contributed by atoms with Crippen molar-refractivity contribution < 1.29 is 13.2 Å². The molecule has 0 radical (unpaired) electrons. The van der Waals surface area contributed by atoms with Gasteiger partial charge in [-0.15, -0.1) is 0 Å². The van der Waals surface area contributed by atoms with Crippen LogP contribution in [0.1, 0.15) is 12.1 Å². The van der Waals surface area contributed by atoms with Crippen LogP contribution < -0.4 is 5.73 Å². The molecule has 0 aromatic carbocycles. The smallest absolute Gasteiger partial charge is 0.280 e. The highest BCUT2D eigenvalue weighted by Gasteiger charge is 2.14. The molecule has 0 aliphatic rings. The van der Waals surface area contributed by atoms with Crippen molar-refractivity contribution in [2.75, 3.05) is 5.73 Å². The van der Waals surface area contributed by atoms with Crippen molar-refractivity contribution in [2.45, 2.75) is 6.43 Å². The molecule has 0 aliphatic heterocycles. The number of nitrogens with zero attached hydrogens (tertiary/aromatic N) is 1. The highest BCUT2D eigenvalue weighted by atomic mass is 127. The van der Waals surface area contributed by atoms with Gasteiger partial charge in [-0.25, -0.2) is 18.2 Å². The minimum absolute atomic E-state index is 0.136. The third-order valence-corrected chi connectivity index (χ3v) is 1.90. The van der Waals surface area contributed by atoms with E-state index >= 15 is 0 Å². The molecule has 12 heavy (non-hydrogen) atoms. The van der Waals surface area contributed by atoms with Crippen LogP contribution in [0.25, 0.3) is 0 Å². The van der Waals surface area contributed by atoms with Gasteiger partial charge in [-0.2, -0.15) is 0 Å². The molecule has 0 fully saturated rings. The van der Waals surface area contributed by atoms with Gasteiger partial charge in [0.25, 0.3) is 6.43 Å². The molecule has 0 aliphatic carbocycles. The van der Waals surface area contributed by atoms with Crippen LogP contribution in [-0.4, -0.2) is 4.98 Å². The van der Waals surface area contributed by atoms with E-state index in [2.05, 4.69) is 4.98 Å². The number of hydrogen-bond donors (Lipinski definition) is 1. The number of rotatable bonds is 1. The van der Waals surface area contributed by atoms with Crippen LogP contribution >= 0.6 is 22.6 Å². The van der Waals surface area contributed by atoms with Crippen molar-refractivity contribution in [3.63, 3.8) is 0 Å². The highest BCUT2D eigenvalue weighted by Crippen LogP contribution is 2.23. The molecule has 0 saturated heterocycles. The first kappa shape index (κ1) is 9.56. The predicted octanol–water partition coefficient (Wildman–Crippen LogP) is 2.35. The van der Waals surface area contributed by atoms with Gasteiger partial charge < -0.3 is 5.73 Å². The highest BCUT2D eigenvalue weighted by molar-refractivity contribution is 14.1. The van der Waals surface area contributed by atoms with Crippen LogP contribution in [0.2, 0.25) is 0 Å². The van der Waals surface area contributed by atoms with Crippen LogP contribution in [0.5, 0.6) is 0 Å². The molecule has 1 aromatic heterocycles. The Labute approximate surface area is 80.1 Å². The summed E-state index contributed by atoms with van der Waals surface area (Å²) in [4.78, 5) is 3.31. The number of nitrogens with two attached hydrogens (primary N) is 1. The number of halogens is 4. The summed E-state index contributed by atoms with van der Waals surface area (Å²) in [7, 11) is 0. The second kappa shape index (κ2) is 3.46. The first-order valence-electron chi connectivity index (χ1n) is 2.92. The summed E-state index contributed by atoms with van der Waals surface area (Å²) >= 11 is 1.51. The summed E-state index contributed by atoms with van der Waals surface area (Å²) < 4.78 is 36.6. The van der Waals surface area contributed by atoms with Crippen molar-refractivity contribution in [3.05, 3.63) is 21.3 Å². The first-order chi connectivity index (χ1) is 5.52. The fraction of sp³-hybridized carbons (Fsp3) is 0.167. The van der Waals surface area contributed by atoms with Crippen molar-refractivity contribution in [3.8, 4) is 0 Å². The Balaban J connectivity index is 3.21. The van der Waals surface area contributed by atoms with Crippen LogP contribution in [0, 0.1) is 9.52 Å². The third-order valence-electron chi connectivity index (χ3n) is 1.19. The largest absolute Gasteiger partial charge is 0.396 e. The van der Waals surface area contributed by atoms with Gasteiger partial charge in [-0.05, 0) is 28.7 Å². The van der Waals surface area contributed by atoms with Crippen molar-refractivity contribution >= 4 is 28.3 Å². The van der Waals surface area contributed by atoms with E-state index in [1.165, 1.54) is 22.6 Å². The normalized spacial score (nSPS) is 10.8. The molecule has 1 aromatic rings. The Hall–Kier alpha value is -0.530. The first-order valence-corrected chi connectivity index (χ1v) is 4.00. The minimum atomic E-state index is -2.72. The van der Waals surface area contributed by atoms with E-state index in [-0.39, 0.29) is 9.39 Å². The predicted molar refractivity (Wildman–Crippen MR) is 46.3 cm³/mol. The molecule has 1 rings (SSSR count). The lowest BCUT2D eigenvalue weighted by Gasteiger charge is -2.02. The van der Waals surface area contributed by atoms with Gasteiger partial charge in [-0.1, -0.05) is 0 Å². The molecule has 0 spiro atoms. The number of pyridine rings is 1. The molecule has 6 heteroatoms.